The standard InChI is InChI=1S/C41H62N4O6/c1-2-3-4-5-6-7-8-9-10-11-12-13-14-15-16-17-18-24-39(48)44-38(41(50)51-37(33-46)34-47)23-19-20-28-42-40(49)35-25-26-36(43-32-35)27-31-45-29-21-22-30-45/h3-4,6-7,9-10,12-13,15-16,25-26,32,37-38,46-47H,2,5,8,11,14,17-24,27-31,33-34H2,1H3,(H,42,49)(H,44,48)/b4-3-,7-6-,10-9-,13-12-,16-15-/t38-/m0/s1. The molecule has 1 saturated heterocycles. The molecule has 0 aliphatic carbocycles. The van der Waals surface area contributed by atoms with Gasteiger partial charge in [-0.2, -0.15) is 0 Å². The smallest absolute Gasteiger partial charge is 0.329 e. The van der Waals surface area contributed by atoms with Gasteiger partial charge in [-0.15, -0.1) is 0 Å². The molecule has 282 valence electrons. The van der Waals surface area contributed by atoms with Crippen LogP contribution in [-0.2, 0) is 20.7 Å². The Bertz CT molecular complexity index is 1250. The number of carbonyl (C=O) groups excluding carboxylic acids is 3. The Labute approximate surface area is 305 Å². The van der Waals surface area contributed by atoms with E-state index in [0.29, 0.717) is 37.8 Å². The lowest BCUT2D eigenvalue weighted by atomic mass is 10.1. The number of aliphatic hydroxyl groups is 2. The van der Waals surface area contributed by atoms with E-state index in [1.54, 1.807) is 12.3 Å². The topological polar surface area (TPSA) is 141 Å². The van der Waals surface area contributed by atoms with Crippen LogP contribution in [0.25, 0.3) is 0 Å². The predicted octanol–water partition coefficient (Wildman–Crippen LogP) is 5.92. The minimum atomic E-state index is -1.05. The van der Waals surface area contributed by atoms with Gasteiger partial charge in [-0.05, 0) is 102 Å². The Morgan fingerprint density at radius 3 is 2.08 bits per heavy atom. The highest BCUT2D eigenvalue weighted by Gasteiger charge is 2.24. The van der Waals surface area contributed by atoms with Crippen molar-refractivity contribution in [3.05, 3.63) is 90.3 Å². The summed E-state index contributed by atoms with van der Waals surface area (Å²) >= 11 is 0. The molecule has 10 nitrogen and oxygen atoms in total. The zero-order valence-electron chi connectivity index (χ0n) is 30.7. The molecule has 0 bridgehead atoms. The molecule has 1 aromatic rings. The Morgan fingerprint density at radius 2 is 1.49 bits per heavy atom. The van der Waals surface area contributed by atoms with E-state index in [1.165, 1.54) is 12.8 Å². The highest BCUT2D eigenvalue weighted by molar-refractivity contribution is 5.93. The summed E-state index contributed by atoms with van der Waals surface area (Å²) in [5.74, 6) is -1.17. The summed E-state index contributed by atoms with van der Waals surface area (Å²) in [5, 5.41) is 24.3. The number of likely N-dealkylation sites (tertiary alicyclic amines) is 1. The minimum absolute atomic E-state index is 0.209. The van der Waals surface area contributed by atoms with Crippen molar-refractivity contribution >= 4 is 17.8 Å². The fourth-order valence-corrected chi connectivity index (χ4v) is 5.41. The fourth-order valence-electron chi connectivity index (χ4n) is 5.41. The number of amides is 2. The van der Waals surface area contributed by atoms with Gasteiger partial charge in [-0.1, -0.05) is 67.7 Å². The first-order valence-corrected chi connectivity index (χ1v) is 18.9. The van der Waals surface area contributed by atoms with Crippen molar-refractivity contribution in [1.29, 1.82) is 0 Å². The minimum Gasteiger partial charge on any atom is -0.456 e. The molecule has 1 aliphatic heterocycles. The van der Waals surface area contributed by atoms with Crippen molar-refractivity contribution < 1.29 is 29.3 Å². The molecular weight excluding hydrogens is 644 g/mol. The number of unbranched alkanes of at least 4 members (excludes halogenated alkanes) is 2. The Hall–Kier alpha value is -3.86. The van der Waals surface area contributed by atoms with E-state index in [4.69, 9.17) is 4.74 Å². The molecule has 2 heterocycles. The second kappa shape index (κ2) is 28.8. The molecule has 1 aromatic heterocycles. The quantitative estimate of drug-likeness (QED) is 0.0502. The van der Waals surface area contributed by atoms with Crippen LogP contribution in [0.3, 0.4) is 0 Å². The molecule has 2 amide bonds. The Balaban J connectivity index is 1.66. The van der Waals surface area contributed by atoms with Crippen LogP contribution in [0, 0.1) is 0 Å². The first-order chi connectivity index (χ1) is 25.0. The molecule has 0 spiro atoms. The third-order valence-corrected chi connectivity index (χ3v) is 8.42. The third kappa shape index (κ3) is 21.2. The number of aromatic nitrogens is 1. The maximum Gasteiger partial charge on any atom is 0.329 e. The molecule has 1 aliphatic rings. The van der Waals surface area contributed by atoms with Crippen LogP contribution in [0.15, 0.2) is 79.1 Å². The van der Waals surface area contributed by atoms with E-state index in [-0.39, 0.29) is 18.2 Å². The maximum absolute atomic E-state index is 12.8. The number of nitrogens with zero attached hydrogens (tertiary/aromatic N) is 2. The molecule has 1 fully saturated rings. The van der Waals surface area contributed by atoms with Crippen LogP contribution in [0.1, 0.15) is 106 Å². The monoisotopic (exact) mass is 706 g/mol. The van der Waals surface area contributed by atoms with Gasteiger partial charge in [0.1, 0.15) is 12.1 Å². The van der Waals surface area contributed by atoms with Crippen LogP contribution < -0.4 is 10.6 Å². The molecule has 1 atom stereocenters. The van der Waals surface area contributed by atoms with E-state index >= 15 is 0 Å². The average Bonchev–Trinajstić information content (AvgIpc) is 3.67. The van der Waals surface area contributed by atoms with Crippen molar-refractivity contribution in [2.45, 2.75) is 109 Å². The highest BCUT2D eigenvalue weighted by Crippen LogP contribution is 2.10. The van der Waals surface area contributed by atoms with Crippen LogP contribution >= 0.6 is 0 Å². The maximum atomic E-state index is 12.8. The first-order valence-electron chi connectivity index (χ1n) is 18.9. The fraction of sp³-hybridized carbons (Fsp3) is 0.561. The number of esters is 1. The van der Waals surface area contributed by atoms with E-state index in [1.807, 2.05) is 6.07 Å². The van der Waals surface area contributed by atoms with Crippen LogP contribution in [-0.4, -0.2) is 89.4 Å². The van der Waals surface area contributed by atoms with E-state index in [0.717, 1.165) is 70.3 Å². The molecule has 0 saturated carbocycles. The van der Waals surface area contributed by atoms with Crippen LogP contribution in [0.4, 0.5) is 0 Å². The largest absolute Gasteiger partial charge is 0.456 e. The second-order valence-electron chi connectivity index (χ2n) is 12.7. The molecule has 0 aromatic carbocycles. The number of hydrogen-bond donors (Lipinski definition) is 4. The SMILES string of the molecule is CC/C=C\C/C=C\C/C=C\C/C=C\C/C=C\CCCC(=O)N[C@@H](CCCCNC(=O)c1ccc(CCN2CCCC2)nc1)C(=O)OC(CO)CO. The van der Waals surface area contributed by atoms with Gasteiger partial charge in [0.05, 0.1) is 18.8 Å². The number of allylic oxidation sites excluding steroid dienone is 10. The normalized spacial score (nSPS) is 14.6. The summed E-state index contributed by atoms with van der Waals surface area (Å²) in [6.07, 6.45) is 33.2. The lowest BCUT2D eigenvalue weighted by molar-refractivity contribution is -0.157. The van der Waals surface area contributed by atoms with Gasteiger partial charge in [-0.3, -0.25) is 14.6 Å². The van der Waals surface area contributed by atoms with Gasteiger partial charge in [0.25, 0.3) is 5.91 Å². The Kier molecular flexibility index (Phi) is 24.5. The van der Waals surface area contributed by atoms with Gasteiger partial charge in [0, 0.05) is 37.8 Å². The number of ether oxygens (including phenoxy) is 1. The number of aliphatic hydroxyl groups excluding tert-OH is 2. The summed E-state index contributed by atoms with van der Waals surface area (Å²) in [7, 11) is 0. The number of carbonyl (C=O) groups is 3. The lowest BCUT2D eigenvalue weighted by Gasteiger charge is -2.20. The summed E-state index contributed by atoms with van der Waals surface area (Å²) in [6, 6.07) is 2.78. The summed E-state index contributed by atoms with van der Waals surface area (Å²) in [5.41, 5.74) is 1.47. The lowest BCUT2D eigenvalue weighted by Crippen LogP contribution is -2.44. The highest BCUT2D eigenvalue weighted by atomic mass is 16.6. The molecule has 4 N–H and O–H groups in total. The van der Waals surface area contributed by atoms with Crippen LogP contribution in [0.2, 0.25) is 0 Å². The predicted molar refractivity (Wildman–Crippen MR) is 204 cm³/mol. The summed E-state index contributed by atoms with van der Waals surface area (Å²) in [6.45, 7) is 4.77. The third-order valence-electron chi connectivity index (χ3n) is 8.42. The van der Waals surface area contributed by atoms with Crippen molar-refractivity contribution in [3.63, 3.8) is 0 Å². The molecule has 10 heteroatoms. The van der Waals surface area contributed by atoms with E-state index in [2.05, 4.69) is 88.2 Å². The summed E-state index contributed by atoms with van der Waals surface area (Å²) < 4.78 is 5.20. The van der Waals surface area contributed by atoms with Gasteiger partial charge in [0.2, 0.25) is 5.91 Å². The molecule has 2 rings (SSSR count). The first kappa shape index (κ1) is 43.3. The zero-order chi connectivity index (χ0) is 36.8. The van der Waals surface area contributed by atoms with Gasteiger partial charge < -0.3 is 30.5 Å². The number of rotatable bonds is 27. The van der Waals surface area contributed by atoms with Crippen molar-refractivity contribution in [3.8, 4) is 0 Å². The van der Waals surface area contributed by atoms with Gasteiger partial charge >= 0.3 is 5.97 Å². The molecule has 51 heavy (non-hydrogen) atoms. The van der Waals surface area contributed by atoms with E-state index in [9.17, 15) is 24.6 Å². The summed E-state index contributed by atoms with van der Waals surface area (Å²) in [4.78, 5) is 45.0. The molecule has 0 unspecified atom stereocenters. The molecular formula is C41H62N4O6. The number of pyridine rings is 1. The van der Waals surface area contributed by atoms with Crippen molar-refractivity contribution in [1.82, 2.24) is 20.5 Å². The van der Waals surface area contributed by atoms with Gasteiger partial charge in [0.15, 0.2) is 0 Å². The number of nitrogens with one attached hydrogen (secondary N) is 2. The van der Waals surface area contributed by atoms with Crippen molar-refractivity contribution in [2.24, 2.45) is 0 Å². The zero-order valence-corrected chi connectivity index (χ0v) is 30.7. The van der Waals surface area contributed by atoms with Gasteiger partial charge in [-0.25, -0.2) is 4.79 Å². The van der Waals surface area contributed by atoms with Crippen molar-refractivity contribution in [2.75, 3.05) is 39.4 Å². The average molecular weight is 707 g/mol. The van der Waals surface area contributed by atoms with Crippen LogP contribution in [0.5, 0.6) is 0 Å². The van der Waals surface area contributed by atoms with E-state index < -0.39 is 31.3 Å². The Morgan fingerprint density at radius 1 is 0.863 bits per heavy atom. The molecule has 0 radical (unpaired) electrons. The number of hydrogen-bond acceptors (Lipinski definition) is 8. The second-order valence-corrected chi connectivity index (χ2v) is 12.7.